The van der Waals surface area contributed by atoms with Crippen LogP contribution in [0.2, 0.25) is 0 Å². The number of hydrogen-bond donors (Lipinski definition) is 3. The van der Waals surface area contributed by atoms with Crippen LogP contribution in [0.5, 0.6) is 0 Å². The number of nitroso groups, excluding NO2 is 1. The number of nitrogens with one attached hydrogen (secondary N) is 1. The van der Waals surface area contributed by atoms with Gasteiger partial charge in [0.1, 0.15) is 12.2 Å². The highest BCUT2D eigenvalue weighted by Gasteiger charge is 2.37. The number of halogens is 1. The van der Waals surface area contributed by atoms with Gasteiger partial charge in [0.15, 0.2) is 6.29 Å². The van der Waals surface area contributed by atoms with Crippen LogP contribution in [0.3, 0.4) is 0 Å². The third-order valence-electron chi connectivity index (χ3n) is 2.88. The van der Waals surface area contributed by atoms with Gasteiger partial charge in [-0.25, -0.2) is 4.79 Å². The Hall–Kier alpha value is -1.00. The van der Waals surface area contributed by atoms with Gasteiger partial charge in [0, 0.05) is 26.0 Å². The maximum atomic E-state index is 11.6. The summed E-state index contributed by atoms with van der Waals surface area (Å²) in [5, 5.41) is 24.9. The third-order valence-corrected chi connectivity index (χ3v) is 3.05. The van der Waals surface area contributed by atoms with E-state index in [4.69, 9.17) is 21.1 Å². The lowest BCUT2D eigenvalue weighted by Gasteiger charge is -2.36. The first kappa shape index (κ1) is 17.1. The first-order valence-electron chi connectivity index (χ1n) is 6.02. The monoisotopic (exact) mass is 311 g/mol. The van der Waals surface area contributed by atoms with Gasteiger partial charge < -0.3 is 25.0 Å². The number of carbonyl (C=O) groups is 1. The first-order chi connectivity index (χ1) is 9.53. The van der Waals surface area contributed by atoms with Crippen molar-refractivity contribution < 1.29 is 24.5 Å². The topological polar surface area (TPSA) is 121 Å². The highest BCUT2D eigenvalue weighted by atomic mass is 35.5. The van der Waals surface area contributed by atoms with Crippen molar-refractivity contribution >= 4 is 17.6 Å². The van der Waals surface area contributed by atoms with Gasteiger partial charge in [-0.1, -0.05) is 0 Å². The molecule has 0 aromatic rings. The van der Waals surface area contributed by atoms with E-state index in [9.17, 15) is 19.9 Å². The van der Waals surface area contributed by atoms with Gasteiger partial charge in [0.25, 0.3) is 0 Å². The molecular weight excluding hydrogens is 294 g/mol. The third kappa shape index (κ3) is 4.53. The van der Waals surface area contributed by atoms with Crippen molar-refractivity contribution in [3.8, 4) is 0 Å². The van der Waals surface area contributed by atoms with Crippen molar-refractivity contribution in [3.63, 3.8) is 0 Å². The molecule has 0 aliphatic carbocycles. The lowest BCUT2D eigenvalue weighted by atomic mass is 10.0. The number of rotatable bonds is 6. The van der Waals surface area contributed by atoms with E-state index in [1.54, 1.807) is 0 Å². The molecule has 20 heavy (non-hydrogen) atoms. The number of nitrogens with zero attached hydrogens (tertiary/aromatic N) is 2. The van der Waals surface area contributed by atoms with Gasteiger partial charge in [0.05, 0.1) is 17.9 Å². The standard InChI is InChI=1S/C10H18ClN3O6/c1-19-8-4-6(15)9(16)7(20-8)5-12-10(17)14(13-18)3-2-11/h6-9,15-16H,2-5H2,1H3,(H,12,17)/t6-,7-,8+,9+/m1/s1. The molecule has 1 rings (SSSR count). The summed E-state index contributed by atoms with van der Waals surface area (Å²) in [4.78, 5) is 22.0. The second kappa shape index (κ2) is 8.32. The molecular formula is C10H18ClN3O6. The van der Waals surface area contributed by atoms with E-state index >= 15 is 0 Å². The van der Waals surface area contributed by atoms with E-state index in [1.807, 2.05) is 0 Å². The Kier molecular flexibility index (Phi) is 7.10. The van der Waals surface area contributed by atoms with Crippen molar-refractivity contribution in [2.45, 2.75) is 31.0 Å². The zero-order valence-corrected chi connectivity index (χ0v) is 11.7. The highest BCUT2D eigenvalue weighted by Crippen LogP contribution is 2.20. The lowest BCUT2D eigenvalue weighted by Crippen LogP contribution is -2.54. The predicted octanol–water partition coefficient (Wildman–Crippen LogP) is -0.599. The van der Waals surface area contributed by atoms with Gasteiger partial charge in [-0.2, -0.15) is 5.01 Å². The number of alkyl halides is 1. The Morgan fingerprint density at radius 1 is 1.60 bits per heavy atom. The highest BCUT2D eigenvalue weighted by molar-refractivity contribution is 6.18. The van der Waals surface area contributed by atoms with Crippen LogP contribution in [0, 0.1) is 4.91 Å². The van der Waals surface area contributed by atoms with E-state index in [0.29, 0.717) is 5.01 Å². The van der Waals surface area contributed by atoms with Crippen LogP contribution >= 0.6 is 11.6 Å². The van der Waals surface area contributed by atoms with Crippen LogP contribution in [0.4, 0.5) is 4.79 Å². The lowest BCUT2D eigenvalue weighted by molar-refractivity contribution is -0.240. The number of urea groups is 1. The van der Waals surface area contributed by atoms with Crippen LogP contribution < -0.4 is 5.32 Å². The van der Waals surface area contributed by atoms with E-state index in [1.165, 1.54) is 7.11 Å². The average molecular weight is 312 g/mol. The van der Waals surface area contributed by atoms with Crippen molar-refractivity contribution in [2.24, 2.45) is 5.29 Å². The van der Waals surface area contributed by atoms with E-state index in [0.717, 1.165) is 0 Å². The molecule has 1 aliphatic rings. The summed E-state index contributed by atoms with van der Waals surface area (Å²) >= 11 is 5.41. The molecule has 0 unspecified atom stereocenters. The molecule has 0 aromatic heterocycles. The van der Waals surface area contributed by atoms with Crippen LogP contribution in [0.1, 0.15) is 6.42 Å². The molecule has 2 amide bonds. The van der Waals surface area contributed by atoms with Crippen LogP contribution in [-0.4, -0.2) is 71.9 Å². The number of aliphatic hydroxyl groups excluding tert-OH is 2. The smallest absolute Gasteiger partial charge is 0.340 e. The number of aliphatic hydroxyl groups is 2. The molecule has 0 spiro atoms. The Bertz CT molecular complexity index is 334. The Morgan fingerprint density at radius 2 is 2.30 bits per heavy atom. The molecule has 4 atom stereocenters. The predicted molar refractivity (Wildman–Crippen MR) is 68.9 cm³/mol. The summed E-state index contributed by atoms with van der Waals surface area (Å²) in [6.45, 7) is -0.139. The minimum atomic E-state index is -1.16. The van der Waals surface area contributed by atoms with Crippen molar-refractivity contribution in [3.05, 3.63) is 4.91 Å². The minimum absolute atomic E-state index is 0.0334. The molecule has 9 nitrogen and oxygen atoms in total. The molecule has 0 radical (unpaired) electrons. The van der Waals surface area contributed by atoms with E-state index in [-0.39, 0.29) is 25.4 Å². The molecule has 1 aliphatic heterocycles. The van der Waals surface area contributed by atoms with E-state index in [2.05, 4.69) is 10.6 Å². The summed E-state index contributed by atoms with van der Waals surface area (Å²) < 4.78 is 10.3. The largest absolute Gasteiger partial charge is 0.390 e. The van der Waals surface area contributed by atoms with Gasteiger partial charge in [-0.05, 0) is 0 Å². The molecule has 0 bridgehead atoms. The van der Waals surface area contributed by atoms with Crippen LogP contribution in [0.25, 0.3) is 0 Å². The average Bonchev–Trinajstić information content (AvgIpc) is 2.45. The zero-order chi connectivity index (χ0) is 15.1. The van der Waals surface area contributed by atoms with Crippen molar-refractivity contribution in [2.75, 3.05) is 26.1 Å². The first-order valence-corrected chi connectivity index (χ1v) is 6.56. The molecule has 0 aromatic carbocycles. The maximum absolute atomic E-state index is 11.6. The van der Waals surface area contributed by atoms with Crippen molar-refractivity contribution in [1.29, 1.82) is 0 Å². The van der Waals surface area contributed by atoms with Gasteiger partial charge >= 0.3 is 6.03 Å². The van der Waals surface area contributed by atoms with Crippen LogP contribution in [0.15, 0.2) is 5.29 Å². The Balaban J connectivity index is 2.50. The summed E-state index contributed by atoms with van der Waals surface area (Å²) in [6.07, 6.45) is -3.56. The fourth-order valence-corrected chi connectivity index (χ4v) is 1.93. The SMILES string of the molecule is CO[C@@H]1C[C@@H](O)[C@H](O)[C@@H](CNC(=O)N(CCCl)N=O)O1. The molecule has 3 N–H and O–H groups in total. The summed E-state index contributed by atoms with van der Waals surface area (Å²) in [5.74, 6) is 0.0617. The molecule has 116 valence electrons. The normalized spacial score (nSPS) is 29.8. The molecule has 1 saturated heterocycles. The summed E-state index contributed by atoms with van der Waals surface area (Å²) in [7, 11) is 1.41. The van der Waals surface area contributed by atoms with Gasteiger partial charge in [-0.3, -0.25) is 0 Å². The molecule has 1 fully saturated rings. The van der Waals surface area contributed by atoms with Gasteiger partial charge in [-0.15, -0.1) is 16.5 Å². The van der Waals surface area contributed by atoms with E-state index < -0.39 is 30.6 Å². The number of hydrogen-bond acceptors (Lipinski definition) is 7. The number of ether oxygens (including phenoxy) is 2. The second-order valence-electron chi connectivity index (χ2n) is 4.21. The molecule has 10 heteroatoms. The number of amides is 2. The zero-order valence-electron chi connectivity index (χ0n) is 10.9. The second-order valence-corrected chi connectivity index (χ2v) is 4.59. The van der Waals surface area contributed by atoms with Crippen molar-refractivity contribution in [1.82, 2.24) is 10.3 Å². The quantitative estimate of drug-likeness (QED) is 0.342. The number of methoxy groups -OCH3 is 1. The Labute approximate surface area is 120 Å². The number of carbonyl (C=O) groups excluding carboxylic acids is 1. The fourth-order valence-electron chi connectivity index (χ4n) is 1.77. The minimum Gasteiger partial charge on any atom is -0.390 e. The van der Waals surface area contributed by atoms with Crippen LogP contribution in [-0.2, 0) is 9.47 Å². The Morgan fingerprint density at radius 3 is 2.85 bits per heavy atom. The fraction of sp³-hybridized carbons (Fsp3) is 0.900. The maximum Gasteiger partial charge on any atom is 0.340 e. The molecule has 1 heterocycles. The summed E-state index contributed by atoms with van der Waals surface area (Å²) in [6, 6.07) is -0.759. The molecule has 0 saturated carbocycles. The summed E-state index contributed by atoms with van der Waals surface area (Å²) in [5.41, 5.74) is 0. The van der Waals surface area contributed by atoms with Gasteiger partial charge in [0.2, 0.25) is 0 Å².